The first-order valence-corrected chi connectivity index (χ1v) is 11.7. The van der Waals surface area contributed by atoms with E-state index in [1.54, 1.807) is 18.2 Å². The van der Waals surface area contributed by atoms with Crippen molar-refractivity contribution in [1.82, 2.24) is 24.6 Å². The average molecular weight is 498 g/mol. The Bertz CT molecular complexity index is 1310. The lowest BCUT2D eigenvalue weighted by Gasteiger charge is -2.25. The van der Waals surface area contributed by atoms with Crippen LogP contribution in [0.1, 0.15) is 31.0 Å². The van der Waals surface area contributed by atoms with Crippen LogP contribution in [0.2, 0.25) is 0 Å². The zero-order chi connectivity index (χ0) is 25.2. The molecule has 2 aromatic heterocycles. The summed E-state index contributed by atoms with van der Waals surface area (Å²) >= 11 is 0. The summed E-state index contributed by atoms with van der Waals surface area (Å²) in [5, 5.41) is 19.4. The lowest BCUT2D eigenvalue weighted by Crippen LogP contribution is -2.41. The topological polar surface area (TPSA) is 142 Å². The molecule has 2 fully saturated rings. The molecule has 1 aliphatic carbocycles. The summed E-state index contributed by atoms with van der Waals surface area (Å²) < 4.78 is 23.4. The van der Waals surface area contributed by atoms with Crippen LogP contribution >= 0.6 is 0 Å². The summed E-state index contributed by atoms with van der Waals surface area (Å²) in [6, 6.07) is 5.21. The first-order valence-electron chi connectivity index (χ1n) is 11.7. The number of aromatic nitrogens is 4. The molecule has 1 aromatic carbocycles. The molecular formula is C24H27N5O7. The van der Waals surface area contributed by atoms with Crippen molar-refractivity contribution >= 4 is 5.91 Å². The van der Waals surface area contributed by atoms with Gasteiger partial charge in [0.2, 0.25) is 17.7 Å². The number of hydrogen-bond donors (Lipinski definition) is 1. The monoisotopic (exact) mass is 497 g/mol. The van der Waals surface area contributed by atoms with Gasteiger partial charge in [0, 0.05) is 13.0 Å². The highest BCUT2D eigenvalue weighted by Gasteiger charge is 2.29. The molecule has 1 aliphatic heterocycles. The number of aromatic hydroxyl groups is 1. The normalized spacial score (nSPS) is 15.8. The Morgan fingerprint density at radius 2 is 1.89 bits per heavy atom. The summed E-state index contributed by atoms with van der Waals surface area (Å²) in [5.74, 6) is 1.11. The number of benzene rings is 1. The number of ether oxygens (including phenoxy) is 3. The molecule has 12 nitrogen and oxygen atoms in total. The second-order valence-electron chi connectivity index (χ2n) is 8.73. The first kappa shape index (κ1) is 23.8. The minimum absolute atomic E-state index is 0.0144. The zero-order valence-corrected chi connectivity index (χ0v) is 20.1. The molecule has 1 amide bonds. The fraction of sp³-hybridized carbons (Fsp3) is 0.458. The van der Waals surface area contributed by atoms with Crippen LogP contribution in [0.15, 0.2) is 27.4 Å². The van der Waals surface area contributed by atoms with Crippen molar-refractivity contribution in [3.8, 4) is 34.5 Å². The molecule has 1 N–H and O–H groups in total. The van der Waals surface area contributed by atoms with E-state index in [-0.39, 0.29) is 36.4 Å². The fourth-order valence-electron chi connectivity index (χ4n) is 4.23. The third-order valence-corrected chi connectivity index (χ3v) is 6.33. The van der Waals surface area contributed by atoms with E-state index in [2.05, 4.69) is 15.2 Å². The van der Waals surface area contributed by atoms with E-state index in [0.29, 0.717) is 48.5 Å². The average Bonchev–Trinajstić information content (AvgIpc) is 3.61. The van der Waals surface area contributed by atoms with Crippen molar-refractivity contribution in [1.29, 1.82) is 0 Å². The number of carbonyl (C=O) groups is 1. The summed E-state index contributed by atoms with van der Waals surface area (Å²) in [7, 11) is 3.01. The Kier molecular flexibility index (Phi) is 6.59. The number of hydrogen-bond acceptors (Lipinski definition) is 10. The van der Waals surface area contributed by atoms with E-state index in [9.17, 15) is 14.7 Å². The Morgan fingerprint density at radius 1 is 1.14 bits per heavy atom. The summed E-state index contributed by atoms with van der Waals surface area (Å²) in [4.78, 5) is 31.0. The number of carbonyl (C=O) groups excluding carboxylic acids is 1. The fourth-order valence-corrected chi connectivity index (χ4v) is 4.23. The number of morpholine rings is 1. The lowest BCUT2D eigenvalue weighted by molar-refractivity contribution is -0.143. The van der Waals surface area contributed by atoms with Gasteiger partial charge in [-0.1, -0.05) is 18.9 Å². The molecule has 36 heavy (non-hydrogen) atoms. The molecule has 0 radical (unpaired) electrons. The minimum atomic E-state index is -0.693. The Labute approximate surface area is 206 Å². The van der Waals surface area contributed by atoms with Crippen molar-refractivity contribution in [2.24, 2.45) is 5.92 Å². The lowest BCUT2D eigenvalue weighted by atomic mass is 10.1. The largest absolute Gasteiger partial charge is 0.494 e. The van der Waals surface area contributed by atoms with Gasteiger partial charge in [-0.15, -0.1) is 10.2 Å². The first-order chi connectivity index (χ1) is 17.5. The maximum atomic E-state index is 13.1. The molecular weight excluding hydrogens is 470 g/mol. The summed E-state index contributed by atoms with van der Waals surface area (Å²) in [6.07, 6.45) is 3.59. The minimum Gasteiger partial charge on any atom is -0.494 e. The Balaban J connectivity index is 1.59. The van der Waals surface area contributed by atoms with Gasteiger partial charge in [0.15, 0.2) is 5.56 Å². The molecule has 1 saturated carbocycles. The van der Waals surface area contributed by atoms with Crippen LogP contribution in [0.4, 0.5) is 0 Å². The van der Waals surface area contributed by atoms with Crippen LogP contribution in [0.25, 0.3) is 17.1 Å². The highest BCUT2D eigenvalue weighted by molar-refractivity contribution is 5.77. The smallest absolute Gasteiger partial charge is 0.289 e. The van der Waals surface area contributed by atoms with Gasteiger partial charge in [-0.25, -0.2) is 0 Å². The molecule has 190 valence electrons. The number of amides is 1. The molecule has 3 heterocycles. The van der Waals surface area contributed by atoms with Crippen LogP contribution < -0.4 is 15.0 Å². The van der Waals surface area contributed by atoms with Gasteiger partial charge in [0.25, 0.3) is 11.4 Å². The molecule has 0 atom stereocenters. The molecule has 5 rings (SSSR count). The van der Waals surface area contributed by atoms with E-state index in [0.717, 1.165) is 19.3 Å². The third kappa shape index (κ3) is 4.63. The van der Waals surface area contributed by atoms with Gasteiger partial charge in [-0.05, 0) is 24.5 Å². The molecule has 3 aromatic rings. The molecule has 1 saturated heterocycles. The standard InChI is InChI=1S/C24H27N5O7/c1-33-15-4-3-5-16(34-2)21(15)29-17(9-8-14-6-7-14)25-22(31)20(24(29)32)23-27-26-18(36-23)12-28-10-11-35-13-19(28)30/h3-5,14,32H,6-13H2,1-2H3. The van der Waals surface area contributed by atoms with Crippen molar-refractivity contribution in [2.75, 3.05) is 34.0 Å². The molecule has 2 aliphatic rings. The number of nitrogens with zero attached hydrogens (tertiary/aromatic N) is 5. The molecule has 0 bridgehead atoms. The van der Waals surface area contributed by atoms with Gasteiger partial charge in [0.05, 0.1) is 27.4 Å². The van der Waals surface area contributed by atoms with Gasteiger partial charge in [-0.3, -0.25) is 14.2 Å². The van der Waals surface area contributed by atoms with Crippen LogP contribution in [-0.2, 0) is 22.5 Å². The highest BCUT2D eigenvalue weighted by atomic mass is 16.5. The number of aryl methyl sites for hydroxylation is 1. The van der Waals surface area contributed by atoms with E-state index >= 15 is 0 Å². The van der Waals surface area contributed by atoms with Gasteiger partial charge >= 0.3 is 0 Å². The van der Waals surface area contributed by atoms with Crippen LogP contribution in [0, 0.1) is 5.92 Å². The number of rotatable bonds is 9. The van der Waals surface area contributed by atoms with Crippen LogP contribution in [-0.4, -0.2) is 69.6 Å². The van der Waals surface area contributed by atoms with Crippen molar-refractivity contribution in [2.45, 2.75) is 32.2 Å². The maximum absolute atomic E-state index is 13.1. The predicted octanol–water partition coefficient (Wildman–Crippen LogP) is 1.71. The second-order valence-corrected chi connectivity index (χ2v) is 8.73. The van der Waals surface area contributed by atoms with Crippen molar-refractivity contribution < 1.29 is 28.5 Å². The molecule has 0 spiro atoms. The summed E-state index contributed by atoms with van der Waals surface area (Å²) in [5.41, 5.74) is -0.538. The van der Waals surface area contributed by atoms with E-state index in [1.807, 2.05) is 0 Å². The number of methoxy groups -OCH3 is 2. The summed E-state index contributed by atoms with van der Waals surface area (Å²) in [6.45, 7) is 0.849. The quantitative estimate of drug-likeness (QED) is 0.464. The van der Waals surface area contributed by atoms with Crippen molar-refractivity contribution in [3.63, 3.8) is 0 Å². The van der Waals surface area contributed by atoms with E-state index < -0.39 is 11.4 Å². The second kappa shape index (κ2) is 9.97. The maximum Gasteiger partial charge on any atom is 0.289 e. The Morgan fingerprint density at radius 3 is 2.56 bits per heavy atom. The van der Waals surface area contributed by atoms with Gasteiger partial charge in [-0.2, -0.15) is 4.98 Å². The number of para-hydroxylation sites is 1. The molecule has 12 heteroatoms. The van der Waals surface area contributed by atoms with Crippen LogP contribution in [0.3, 0.4) is 0 Å². The zero-order valence-electron chi connectivity index (χ0n) is 20.1. The van der Waals surface area contributed by atoms with Crippen molar-refractivity contribution in [3.05, 3.63) is 40.3 Å². The Hall–Kier alpha value is -3.93. The van der Waals surface area contributed by atoms with E-state index in [4.69, 9.17) is 18.6 Å². The van der Waals surface area contributed by atoms with Gasteiger partial charge in [0.1, 0.15) is 29.6 Å². The highest BCUT2D eigenvalue weighted by Crippen LogP contribution is 2.39. The van der Waals surface area contributed by atoms with Crippen LogP contribution in [0.5, 0.6) is 17.4 Å². The molecule has 0 unspecified atom stereocenters. The van der Waals surface area contributed by atoms with Gasteiger partial charge < -0.3 is 28.6 Å². The predicted molar refractivity (Wildman–Crippen MR) is 125 cm³/mol. The third-order valence-electron chi connectivity index (χ3n) is 6.33. The van der Waals surface area contributed by atoms with E-state index in [1.165, 1.54) is 23.7 Å². The SMILES string of the molecule is COc1cccc(OC)c1-n1c(CCC2CC2)nc(=O)c(-c2nnc(CN3CCOCC3=O)o2)c1O.